The van der Waals surface area contributed by atoms with Crippen molar-refractivity contribution in [2.24, 2.45) is 0 Å². The van der Waals surface area contributed by atoms with E-state index in [0.717, 1.165) is 16.5 Å². The van der Waals surface area contributed by atoms with Crippen LogP contribution in [0.15, 0.2) is 59.4 Å². The standard InChI is InChI=1S/C22H20ClFN2O5S/c1-30-21-10-7-16(12-19(21)24)20-13-17(14-31-32(2,28)29)22(27)26(25-20)11-3-4-15-5-8-18(23)9-6-15/h3-10,12-13H,11,14H2,1-2H3. The van der Waals surface area contributed by atoms with Crippen LogP contribution in [-0.2, 0) is 27.5 Å². The fourth-order valence-electron chi connectivity index (χ4n) is 2.82. The number of hydrogen-bond acceptors (Lipinski definition) is 6. The molecule has 0 aliphatic heterocycles. The van der Waals surface area contributed by atoms with E-state index in [-0.39, 0.29) is 23.6 Å². The quantitative estimate of drug-likeness (QED) is 0.456. The third kappa shape index (κ3) is 6.25. The molecular weight excluding hydrogens is 459 g/mol. The van der Waals surface area contributed by atoms with E-state index in [2.05, 4.69) is 5.10 Å². The van der Waals surface area contributed by atoms with Gasteiger partial charge >= 0.3 is 0 Å². The van der Waals surface area contributed by atoms with Gasteiger partial charge in [0.2, 0.25) is 0 Å². The maximum absolute atomic E-state index is 14.2. The van der Waals surface area contributed by atoms with Crippen LogP contribution in [0.5, 0.6) is 5.75 Å². The van der Waals surface area contributed by atoms with Gasteiger partial charge in [-0.3, -0.25) is 8.98 Å². The van der Waals surface area contributed by atoms with Crippen LogP contribution in [0.3, 0.4) is 0 Å². The Hall–Kier alpha value is -3.01. The molecule has 0 amide bonds. The smallest absolute Gasteiger partial charge is 0.272 e. The van der Waals surface area contributed by atoms with Gasteiger partial charge in [0.15, 0.2) is 11.6 Å². The van der Waals surface area contributed by atoms with Crippen molar-refractivity contribution in [3.8, 4) is 17.0 Å². The third-order valence-corrected chi connectivity index (χ3v) is 5.18. The Kier molecular flexibility index (Phi) is 7.44. The monoisotopic (exact) mass is 478 g/mol. The molecule has 3 aromatic rings. The van der Waals surface area contributed by atoms with Gasteiger partial charge in [-0.1, -0.05) is 35.9 Å². The molecule has 0 saturated heterocycles. The highest BCUT2D eigenvalue weighted by Gasteiger charge is 2.14. The topological polar surface area (TPSA) is 87.5 Å². The molecule has 0 spiro atoms. The minimum atomic E-state index is -3.77. The second kappa shape index (κ2) is 10.1. The van der Waals surface area contributed by atoms with Crippen LogP contribution in [0.2, 0.25) is 5.02 Å². The lowest BCUT2D eigenvalue weighted by atomic mass is 10.1. The van der Waals surface area contributed by atoms with Crippen molar-refractivity contribution in [2.75, 3.05) is 13.4 Å². The molecule has 0 saturated carbocycles. The summed E-state index contributed by atoms with van der Waals surface area (Å²) in [6, 6.07) is 12.7. The van der Waals surface area contributed by atoms with Gasteiger partial charge in [-0.15, -0.1) is 0 Å². The van der Waals surface area contributed by atoms with E-state index in [0.29, 0.717) is 10.6 Å². The number of hydrogen-bond donors (Lipinski definition) is 0. The van der Waals surface area contributed by atoms with Crippen molar-refractivity contribution < 1.29 is 21.7 Å². The first-order chi connectivity index (χ1) is 15.2. The number of benzene rings is 2. The molecule has 3 rings (SSSR count). The predicted molar refractivity (Wildman–Crippen MR) is 121 cm³/mol. The molecule has 0 aliphatic rings. The largest absolute Gasteiger partial charge is 0.494 e. The summed E-state index contributed by atoms with van der Waals surface area (Å²) in [6.07, 6.45) is 4.40. The second-order valence-corrected chi connectivity index (χ2v) is 8.89. The molecule has 0 atom stereocenters. The number of rotatable bonds is 8. The van der Waals surface area contributed by atoms with E-state index < -0.39 is 28.1 Å². The summed E-state index contributed by atoms with van der Waals surface area (Å²) in [5.74, 6) is -0.533. The Morgan fingerprint density at radius 2 is 1.88 bits per heavy atom. The molecule has 0 bridgehead atoms. The van der Waals surface area contributed by atoms with Gasteiger partial charge in [-0.05, 0) is 42.0 Å². The maximum Gasteiger partial charge on any atom is 0.272 e. The molecule has 0 aliphatic carbocycles. The first-order valence-corrected chi connectivity index (χ1v) is 11.6. The highest BCUT2D eigenvalue weighted by Crippen LogP contribution is 2.24. The lowest BCUT2D eigenvalue weighted by molar-refractivity contribution is 0.308. The van der Waals surface area contributed by atoms with Crippen molar-refractivity contribution in [1.82, 2.24) is 9.78 Å². The predicted octanol–water partition coefficient (Wildman–Crippen LogP) is 3.90. The molecule has 0 unspecified atom stereocenters. The fourth-order valence-corrected chi connectivity index (χ4v) is 3.29. The lowest BCUT2D eigenvalue weighted by Gasteiger charge is -2.10. The summed E-state index contributed by atoms with van der Waals surface area (Å²) >= 11 is 5.88. The zero-order valence-electron chi connectivity index (χ0n) is 17.3. The van der Waals surface area contributed by atoms with Crippen molar-refractivity contribution in [3.05, 3.63) is 86.9 Å². The first-order valence-electron chi connectivity index (χ1n) is 9.38. The van der Waals surface area contributed by atoms with Gasteiger partial charge in [-0.25, -0.2) is 9.07 Å². The molecule has 1 aromatic heterocycles. The summed E-state index contributed by atoms with van der Waals surface area (Å²) in [5.41, 5.74) is 1.08. The minimum Gasteiger partial charge on any atom is -0.494 e. The number of allylic oxidation sites excluding steroid dienone is 1. The maximum atomic E-state index is 14.2. The van der Waals surface area contributed by atoms with Gasteiger partial charge < -0.3 is 4.74 Å². The minimum absolute atomic E-state index is 0.0635. The van der Waals surface area contributed by atoms with Gasteiger partial charge in [0.05, 0.1) is 32.2 Å². The average Bonchev–Trinajstić information content (AvgIpc) is 2.74. The average molecular weight is 479 g/mol. The van der Waals surface area contributed by atoms with E-state index in [1.807, 2.05) is 12.1 Å². The van der Waals surface area contributed by atoms with Gasteiger partial charge in [0.1, 0.15) is 0 Å². The van der Waals surface area contributed by atoms with E-state index >= 15 is 0 Å². The van der Waals surface area contributed by atoms with Gasteiger partial charge in [0, 0.05) is 16.1 Å². The van der Waals surface area contributed by atoms with E-state index in [9.17, 15) is 17.6 Å². The van der Waals surface area contributed by atoms with Crippen molar-refractivity contribution in [2.45, 2.75) is 13.2 Å². The highest BCUT2D eigenvalue weighted by molar-refractivity contribution is 7.85. The fraction of sp³-hybridized carbons (Fsp3) is 0.182. The molecule has 0 radical (unpaired) electrons. The zero-order chi connectivity index (χ0) is 23.3. The Balaban J connectivity index is 1.98. The second-order valence-electron chi connectivity index (χ2n) is 6.81. The summed E-state index contributed by atoms with van der Waals surface area (Å²) in [6.45, 7) is -0.369. The van der Waals surface area contributed by atoms with Crippen LogP contribution in [0.4, 0.5) is 4.39 Å². The molecular formula is C22H20ClFN2O5S. The summed E-state index contributed by atoms with van der Waals surface area (Å²) < 4.78 is 47.9. The molecule has 32 heavy (non-hydrogen) atoms. The van der Waals surface area contributed by atoms with E-state index in [1.165, 1.54) is 25.3 Å². The molecule has 7 nitrogen and oxygen atoms in total. The molecule has 168 valence electrons. The molecule has 0 fully saturated rings. The number of aromatic nitrogens is 2. The Morgan fingerprint density at radius 3 is 2.50 bits per heavy atom. The summed E-state index contributed by atoms with van der Waals surface area (Å²) in [4.78, 5) is 12.8. The number of ether oxygens (including phenoxy) is 1. The molecule has 2 aromatic carbocycles. The van der Waals surface area contributed by atoms with E-state index in [1.54, 1.807) is 30.4 Å². The molecule has 0 N–H and O–H groups in total. The summed E-state index contributed by atoms with van der Waals surface area (Å²) in [5, 5.41) is 4.92. The van der Waals surface area contributed by atoms with Crippen molar-refractivity contribution in [3.63, 3.8) is 0 Å². The van der Waals surface area contributed by atoms with Crippen molar-refractivity contribution >= 4 is 27.8 Å². The van der Waals surface area contributed by atoms with Crippen LogP contribution in [0.1, 0.15) is 11.1 Å². The summed E-state index contributed by atoms with van der Waals surface area (Å²) in [7, 11) is -2.42. The van der Waals surface area contributed by atoms with Gasteiger partial charge in [-0.2, -0.15) is 13.5 Å². The van der Waals surface area contributed by atoms with Crippen molar-refractivity contribution in [1.29, 1.82) is 0 Å². The Bertz CT molecular complexity index is 1300. The lowest BCUT2D eigenvalue weighted by Crippen LogP contribution is -2.27. The number of methoxy groups -OCH3 is 1. The normalized spacial score (nSPS) is 11.8. The van der Waals surface area contributed by atoms with E-state index in [4.69, 9.17) is 20.5 Å². The highest BCUT2D eigenvalue weighted by atomic mass is 35.5. The zero-order valence-corrected chi connectivity index (χ0v) is 18.9. The number of halogens is 2. The van der Waals surface area contributed by atoms with Crippen LogP contribution < -0.4 is 10.3 Å². The van der Waals surface area contributed by atoms with Gasteiger partial charge in [0.25, 0.3) is 15.7 Å². The first kappa shape index (κ1) is 23.6. The van der Waals surface area contributed by atoms with Crippen LogP contribution in [0, 0.1) is 5.82 Å². The molecule has 10 heteroatoms. The molecule has 1 heterocycles. The Morgan fingerprint density at radius 1 is 1.16 bits per heavy atom. The van der Waals surface area contributed by atoms with Crippen LogP contribution in [-0.4, -0.2) is 31.6 Å². The third-order valence-electron chi connectivity index (χ3n) is 4.38. The SMILES string of the molecule is COc1ccc(-c2cc(COS(C)(=O)=O)c(=O)n(CC=Cc3ccc(Cl)cc3)n2)cc1F. The Labute approximate surface area is 189 Å². The van der Waals surface area contributed by atoms with Crippen LogP contribution >= 0.6 is 11.6 Å². The number of nitrogens with zero attached hydrogens (tertiary/aromatic N) is 2. The van der Waals surface area contributed by atoms with Crippen LogP contribution in [0.25, 0.3) is 17.3 Å².